The van der Waals surface area contributed by atoms with Crippen molar-refractivity contribution in [2.45, 2.75) is 38.0 Å². The van der Waals surface area contributed by atoms with Gasteiger partial charge in [0.25, 0.3) is 0 Å². The smallest absolute Gasteiger partial charge is 0.336 e. The monoisotopic (exact) mass is 249 g/mol. The van der Waals surface area contributed by atoms with Crippen LogP contribution >= 0.6 is 0 Å². The van der Waals surface area contributed by atoms with E-state index in [2.05, 4.69) is 5.32 Å². The van der Waals surface area contributed by atoms with E-state index in [1.54, 1.807) is 19.2 Å². The van der Waals surface area contributed by atoms with Crippen LogP contribution in [0.1, 0.15) is 35.2 Å². The van der Waals surface area contributed by atoms with Gasteiger partial charge < -0.3 is 15.2 Å². The minimum Gasteiger partial charge on any atom is -0.478 e. The van der Waals surface area contributed by atoms with Gasteiger partial charge in [-0.1, -0.05) is 18.2 Å². The summed E-state index contributed by atoms with van der Waals surface area (Å²) in [4.78, 5) is 11.1. The van der Waals surface area contributed by atoms with Crippen molar-refractivity contribution in [3.05, 3.63) is 35.4 Å². The first-order chi connectivity index (χ1) is 8.72. The lowest BCUT2D eigenvalue weighted by molar-refractivity contribution is 0.0694. The second-order valence-electron chi connectivity index (χ2n) is 4.65. The fourth-order valence-electron chi connectivity index (χ4n) is 2.57. The van der Waals surface area contributed by atoms with E-state index in [9.17, 15) is 4.79 Å². The number of rotatable bonds is 5. The topological polar surface area (TPSA) is 58.6 Å². The van der Waals surface area contributed by atoms with E-state index in [1.807, 2.05) is 12.1 Å². The SMILES string of the molecule is COC1CCCC1NCc1ccccc1C(=O)O. The molecule has 1 aromatic rings. The summed E-state index contributed by atoms with van der Waals surface area (Å²) in [5, 5.41) is 12.5. The highest BCUT2D eigenvalue weighted by Gasteiger charge is 2.26. The van der Waals surface area contributed by atoms with Gasteiger partial charge in [-0.25, -0.2) is 4.79 Å². The number of hydrogen-bond acceptors (Lipinski definition) is 3. The molecule has 0 aromatic heterocycles. The number of carboxylic acids is 1. The van der Waals surface area contributed by atoms with E-state index < -0.39 is 5.97 Å². The molecule has 1 aliphatic rings. The Labute approximate surface area is 107 Å². The fraction of sp³-hybridized carbons (Fsp3) is 0.500. The molecule has 1 aromatic carbocycles. The average Bonchev–Trinajstić information content (AvgIpc) is 2.84. The maximum atomic E-state index is 11.1. The van der Waals surface area contributed by atoms with Gasteiger partial charge >= 0.3 is 5.97 Å². The van der Waals surface area contributed by atoms with Crippen LogP contribution in [0.25, 0.3) is 0 Å². The molecule has 0 saturated heterocycles. The highest BCUT2D eigenvalue weighted by atomic mass is 16.5. The standard InChI is InChI=1S/C14H19NO3/c1-18-13-8-4-7-12(13)15-9-10-5-2-3-6-11(10)14(16)17/h2-3,5-6,12-13,15H,4,7-9H2,1H3,(H,16,17). The molecule has 2 unspecified atom stereocenters. The number of aromatic carboxylic acids is 1. The number of ether oxygens (including phenoxy) is 1. The summed E-state index contributed by atoms with van der Waals surface area (Å²) in [6, 6.07) is 7.44. The summed E-state index contributed by atoms with van der Waals surface area (Å²) in [7, 11) is 1.73. The lowest BCUT2D eigenvalue weighted by atomic mass is 10.1. The Bertz CT molecular complexity index is 419. The van der Waals surface area contributed by atoms with Crippen molar-refractivity contribution in [3.8, 4) is 0 Å². The molecule has 0 bridgehead atoms. The van der Waals surface area contributed by atoms with E-state index in [0.717, 1.165) is 24.8 Å². The van der Waals surface area contributed by atoms with Crippen molar-refractivity contribution < 1.29 is 14.6 Å². The average molecular weight is 249 g/mol. The van der Waals surface area contributed by atoms with Crippen LogP contribution in [-0.4, -0.2) is 30.3 Å². The lowest BCUT2D eigenvalue weighted by Gasteiger charge is -2.20. The minimum absolute atomic E-state index is 0.252. The third-order valence-corrected chi connectivity index (χ3v) is 3.56. The number of benzene rings is 1. The summed E-state index contributed by atoms with van der Waals surface area (Å²) in [6.07, 6.45) is 3.58. The van der Waals surface area contributed by atoms with Gasteiger partial charge in [0, 0.05) is 19.7 Å². The van der Waals surface area contributed by atoms with Gasteiger partial charge in [-0.2, -0.15) is 0 Å². The highest BCUT2D eigenvalue weighted by Crippen LogP contribution is 2.22. The van der Waals surface area contributed by atoms with Crippen LogP contribution in [0.3, 0.4) is 0 Å². The van der Waals surface area contributed by atoms with Crippen LogP contribution in [0.2, 0.25) is 0 Å². The van der Waals surface area contributed by atoms with E-state index in [1.165, 1.54) is 0 Å². The molecular formula is C14H19NO3. The molecule has 2 rings (SSSR count). The fourth-order valence-corrected chi connectivity index (χ4v) is 2.57. The molecule has 1 aliphatic carbocycles. The quantitative estimate of drug-likeness (QED) is 0.838. The second kappa shape index (κ2) is 5.98. The first-order valence-corrected chi connectivity index (χ1v) is 6.29. The van der Waals surface area contributed by atoms with Crippen LogP contribution in [-0.2, 0) is 11.3 Å². The van der Waals surface area contributed by atoms with Crippen LogP contribution in [0.5, 0.6) is 0 Å². The Balaban J connectivity index is 2.00. The van der Waals surface area contributed by atoms with Gasteiger partial charge in [0.1, 0.15) is 0 Å². The molecule has 4 heteroatoms. The molecule has 1 fully saturated rings. The summed E-state index contributed by atoms with van der Waals surface area (Å²) in [6.45, 7) is 0.576. The number of methoxy groups -OCH3 is 1. The number of nitrogens with one attached hydrogen (secondary N) is 1. The predicted octanol–water partition coefficient (Wildman–Crippen LogP) is 2.04. The lowest BCUT2D eigenvalue weighted by Crippen LogP contribution is -2.36. The Kier molecular flexibility index (Phi) is 4.33. The first-order valence-electron chi connectivity index (χ1n) is 6.29. The number of hydrogen-bond donors (Lipinski definition) is 2. The van der Waals surface area contributed by atoms with Crippen molar-refractivity contribution in [2.75, 3.05) is 7.11 Å². The Morgan fingerprint density at radius 3 is 2.94 bits per heavy atom. The molecule has 1 saturated carbocycles. The summed E-state index contributed by atoms with van der Waals surface area (Å²) >= 11 is 0. The third-order valence-electron chi connectivity index (χ3n) is 3.56. The maximum Gasteiger partial charge on any atom is 0.336 e. The molecule has 0 heterocycles. The largest absolute Gasteiger partial charge is 0.478 e. The van der Waals surface area contributed by atoms with E-state index >= 15 is 0 Å². The summed E-state index contributed by atoms with van der Waals surface area (Å²) < 4.78 is 5.41. The van der Waals surface area contributed by atoms with Gasteiger partial charge in [-0.05, 0) is 30.9 Å². The van der Waals surface area contributed by atoms with Gasteiger partial charge in [0.15, 0.2) is 0 Å². The van der Waals surface area contributed by atoms with Crippen LogP contribution in [0.4, 0.5) is 0 Å². The molecule has 0 amide bonds. The molecular weight excluding hydrogens is 230 g/mol. The van der Waals surface area contributed by atoms with Crippen molar-refractivity contribution in [2.24, 2.45) is 0 Å². The zero-order chi connectivity index (χ0) is 13.0. The van der Waals surface area contributed by atoms with Gasteiger partial charge in [0.05, 0.1) is 11.7 Å². The molecule has 18 heavy (non-hydrogen) atoms. The summed E-state index contributed by atoms with van der Waals surface area (Å²) in [5.41, 5.74) is 1.20. The molecule has 0 aliphatic heterocycles. The van der Waals surface area contributed by atoms with Crippen LogP contribution < -0.4 is 5.32 Å². The Morgan fingerprint density at radius 1 is 1.44 bits per heavy atom. The second-order valence-corrected chi connectivity index (χ2v) is 4.65. The molecule has 0 spiro atoms. The van der Waals surface area contributed by atoms with Crippen molar-refractivity contribution in [1.29, 1.82) is 0 Å². The molecule has 2 atom stereocenters. The van der Waals surface area contributed by atoms with E-state index in [4.69, 9.17) is 9.84 Å². The zero-order valence-corrected chi connectivity index (χ0v) is 10.6. The number of carbonyl (C=O) groups is 1. The van der Waals surface area contributed by atoms with Gasteiger partial charge in [-0.15, -0.1) is 0 Å². The van der Waals surface area contributed by atoms with E-state index in [0.29, 0.717) is 18.2 Å². The first kappa shape index (κ1) is 13.1. The highest BCUT2D eigenvalue weighted by molar-refractivity contribution is 5.89. The van der Waals surface area contributed by atoms with E-state index in [-0.39, 0.29) is 6.10 Å². The molecule has 98 valence electrons. The van der Waals surface area contributed by atoms with Crippen molar-refractivity contribution >= 4 is 5.97 Å². The molecule has 4 nitrogen and oxygen atoms in total. The number of carboxylic acid groups (broad SMARTS) is 1. The maximum absolute atomic E-state index is 11.1. The minimum atomic E-state index is -0.873. The summed E-state index contributed by atoms with van der Waals surface area (Å²) in [5.74, 6) is -0.873. The van der Waals surface area contributed by atoms with Gasteiger partial charge in [-0.3, -0.25) is 0 Å². The van der Waals surface area contributed by atoms with Crippen LogP contribution in [0, 0.1) is 0 Å². The third kappa shape index (κ3) is 2.89. The van der Waals surface area contributed by atoms with Crippen molar-refractivity contribution in [1.82, 2.24) is 5.32 Å². The van der Waals surface area contributed by atoms with Crippen LogP contribution in [0.15, 0.2) is 24.3 Å². The van der Waals surface area contributed by atoms with Crippen molar-refractivity contribution in [3.63, 3.8) is 0 Å². The normalized spacial score (nSPS) is 23.2. The predicted molar refractivity (Wildman–Crippen MR) is 68.7 cm³/mol. The van der Waals surface area contributed by atoms with Gasteiger partial charge in [0.2, 0.25) is 0 Å². The Morgan fingerprint density at radius 2 is 2.22 bits per heavy atom. The molecule has 2 N–H and O–H groups in total. The Hall–Kier alpha value is -1.39. The molecule has 0 radical (unpaired) electrons. The zero-order valence-electron chi connectivity index (χ0n) is 10.6.